The van der Waals surface area contributed by atoms with Crippen molar-refractivity contribution in [3.05, 3.63) is 12.4 Å². The molecule has 0 bridgehead atoms. The maximum atomic E-state index is 12.1. The molecule has 0 aromatic carbocycles. The van der Waals surface area contributed by atoms with E-state index in [1.165, 1.54) is 0 Å². The summed E-state index contributed by atoms with van der Waals surface area (Å²) >= 11 is 0. The van der Waals surface area contributed by atoms with E-state index in [2.05, 4.69) is 28.7 Å². The molecule has 9 nitrogen and oxygen atoms in total. The Balaban J connectivity index is 1.66. The van der Waals surface area contributed by atoms with Crippen molar-refractivity contribution in [1.82, 2.24) is 14.9 Å². The quantitative estimate of drug-likeness (QED) is 0.586. The van der Waals surface area contributed by atoms with Gasteiger partial charge in [0.15, 0.2) is 6.10 Å². The van der Waals surface area contributed by atoms with Crippen LogP contribution < -0.4 is 10.4 Å². The van der Waals surface area contributed by atoms with E-state index in [-0.39, 0.29) is 12.0 Å². The second-order valence-corrected chi connectivity index (χ2v) is 9.79. The van der Waals surface area contributed by atoms with Gasteiger partial charge < -0.3 is 29.3 Å². The molecule has 10 heteroatoms. The smallest absolute Gasteiger partial charge is 0.399 e. The lowest BCUT2D eigenvalue weighted by Gasteiger charge is -2.32. The summed E-state index contributed by atoms with van der Waals surface area (Å²) < 4.78 is 12.2. The number of rotatable bonds is 7. The average Bonchev–Trinajstić information content (AvgIpc) is 3.26. The first kappa shape index (κ1) is 23.9. The number of aromatic nitrogens is 2. The lowest BCUT2D eigenvalue weighted by molar-refractivity contribution is -0.141. The number of aliphatic hydroxyl groups is 2. The highest BCUT2D eigenvalue weighted by molar-refractivity contribution is 6.61. The van der Waals surface area contributed by atoms with E-state index in [0.29, 0.717) is 25.6 Å². The fraction of sp³-hybridized carbons (Fsp3) is 0.762. The van der Waals surface area contributed by atoms with Crippen molar-refractivity contribution in [3.63, 3.8) is 0 Å². The van der Waals surface area contributed by atoms with E-state index in [9.17, 15) is 9.90 Å². The molecule has 0 saturated carbocycles. The number of aliphatic hydroxyl groups excluding tert-OH is 2. The van der Waals surface area contributed by atoms with Crippen molar-refractivity contribution >= 4 is 24.4 Å². The number of hydrogen-bond acceptors (Lipinski definition) is 8. The van der Waals surface area contributed by atoms with Crippen LogP contribution in [0.15, 0.2) is 12.4 Å². The van der Waals surface area contributed by atoms with Crippen LogP contribution in [0.2, 0.25) is 0 Å². The van der Waals surface area contributed by atoms with Crippen LogP contribution in [0.3, 0.4) is 0 Å². The van der Waals surface area contributed by atoms with Gasteiger partial charge in [0.05, 0.1) is 17.8 Å². The molecule has 2 aliphatic rings. The molecule has 2 atom stereocenters. The molecule has 2 aliphatic heterocycles. The van der Waals surface area contributed by atoms with Crippen LogP contribution in [0.25, 0.3) is 0 Å². The first-order valence-corrected chi connectivity index (χ1v) is 11.0. The summed E-state index contributed by atoms with van der Waals surface area (Å²) in [6, 6.07) is 0.176. The van der Waals surface area contributed by atoms with Gasteiger partial charge in [0.1, 0.15) is 0 Å². The highest BCUT2D eigenvalue weighted by Gasteiger charge is 2.52. The zero-order valence-corrected chi connectivity index (χ0v) is 19.4. The summed E-state index contributed by atoms with van der Waals surface area (Å²) in [4.78, 5) is 25.0. The van der Waals surface area contributed by atoms with E-state index < -0.39 is 36.9 Å². The highest BCUT2D eigenvalue weighted by atomic mass is 16.7. The van der Waals surface area contributed by atoms with Crippen molar-refractivity contribution in [2.45, 2.75) is 71.3 Å². The number of nitrogens with zero attached hydrogens (tertiary/aromatic N) is 4. The molecule has 0 aliphatic carbocycles. The van der Waals surface area contributed by atoms with Crippen molar-refractivity contribution in [2.24, 2.45) is 5.92 Å². The van der Waals surface area contributed by atoms with E-state index in [1.807, 2.05) is 27.7 Å². The maximum Gasteiger partial charge on any atom is 0.498 e. The SMILES string of the molecule is CC(C)N(CC1CCN(C(=O)C(O)CO)C1)c1ncc(B2OC(C)(C)C(C)(C)O2)cn1. The van der Waals surface area contributed by atoms with Gasteiger partial charge in [-0.15, -0.1) is 0 Å². The Morgan fingerprint density at radius 2 is 1.84 bits per heavy atom. The summed E-state index contributed by atoms with van der Waals surface area (Å²) in [7, 11) is -0.501. The van der Waals surface area contributed by atoms with Gasteiger partial charge >= 0.3 is 7.12 Å². The Morgan fingerprint density at radius 1 is 1.26 bits per heavy atom. The summed E-state index contributed by atoms with van der Waals surface area (Å²) in [5, 5.41) is 18.6. The minimum Gasteiger partial charge on any atom is -0.399 e. The van der Waals surface area contributed by atoms with Crippen LogP contribution in [0.1, 0.15) is 48.0 Å². The molecule has 2 unspecified atom stereocenters. The van der Waals surface area contributed by atoms with Gasteiger partial charge in [-0.1, -0.05) is 0 Å². The van der Waals surface area contributed by atoms with Crippen LogP contribution in [-0.2, 0) is 14.1 Å². The lowest BCUT2D eigenvalue weighted by Crippen LogP contribution is -2.41. The molecule has 172 valence electrons. The van der Waals surface area contributed by atoms with Crippen molar-refractivity contribution in [3.8, 4) is 0 Å². The summed E-state index contributed by atoms with van der Waals surface area (Å²) in [5.41, 5.74) is -0.0625. The van der Waals surface area contributed by atoms with Crippen LogP contribution in [0.4, 0.5) is 5.95 Å². The molecular formula is C21H35BN4O5. The first-order chi connectivity index (χ1) is 14.4. The number of carbonyl (C=O) groups is 1. The third-order valence-electron chi connectivity index (χ3n) is 6.57. The topological polar surface area (TPSA) is 108 Å². The minimum absolute atomic E-state index is 0.176. The molecule has 2 saturated heterocycles. The first-order valence-electron chi connectivity index (χ1n) is 11.0. The fourth-order valence-electron chi connectivity index (χ4n) is 3.85. The number of carbonyl (C=O) groups excluding carboxylic acids is 1. The predicted octanol–water partition coefficient (Wildman–Crippen LogP) is 0.192. The molecule has 0 spiro atoms. The van der Waals surface area contributed by atoms with Crippen LogP contribution in [0, 0.1) is 5.92 Å². The van der Waals surface area contributed by atoms with E-state index in [4.69, 9.17) is 14.4 Å². The molecule has 3 heterocycles. The van der Waals surface area contributed by atoms with E-state index in [1.54, 1.807) is 17.3 Å². The molecular weight excluding hydrogens is 399 g/mol. The Labute approximate surface area is 184 Å². The summed E-state index contributed by atoms with van der Waals surface area (Å²) in [6.07, 6.45) is 2.99. The summed E-state index contributed by atoms with van der Waals surface area (Å²) in [5.74, 6) is 0.447. The number of likely N-dealkylation sites (tertiary alicyclic amines) is 1. The van der Waals surface area contributed by atoms with Crippen LogP contribution >= 0.6 is 0 Å². The molecule has 3 rings (SSSR count). The molecule has 0 radical (unpaired) electrons. The van der Waals surface area contributed by atoms with Crippen molar-refractivity contribution < 1.29 is 24.3 Å². The molecule has 1 aromatic heterocycles. The van der Waals surface area contributed by atoms with Gasteiger partial charge in [0, 0.05) is 43.5 Å². The maximum absolute atomic E-state index is 12.1. The van der Waals surface area contributed by atoms with Crippen LogP contribution in [0.5, 0.6) is 0 Å². The van der Waals surface area contributed by atoms with Gasteiger partial charge in [0.25, 0.3) is 5.91 Å². The zero-order chi connectivity index (χ0) is 23.0. The largest absolute Gasteiger partial charge is 0.498 e. The number of anilines is 1. The standard InChI is InChI=1S/C21H35BN4O5/c1-14(2)26(12-15-7-8-25(11-15)18(29)17(28)13-27)19-23-9-16(10-24-19)22-30-20(3,4)21(5,6)31-22/h9-10,14-15,17,27-28H,7-8,11-13H2,1-6H3. The van der Waals surface area contributed by atoms with Crippen LogP contribution in [-0.4, -0.2) is 87.7 Å². The second-order valence-electron chi connectivity index (χ2n) is 9.79. The minimum atomic E-state index is -1.34. The van der Waals surface area contributed by atoms with Crippen molar-refractivity contribution in [1.29, 1.82) is 0 Å². The molecule has 31 heavy (non-hydrogen) atoms. The van der Waals surface area contributed by atoms with E-state index >= 15 is 0 Å². The Morgan fingerprint density at radius 3 is 2.35 bits per heavy atom. The Bertz CT molecular complexity index is 758. The number of amides is 1. The van der Waals surface area contributed by atoms with Gasteiger partial charge in [-0.2, -0.15) is 0 Å². The molecule has 2 N–H and O–H groups in total. The van der Waals surface area contributed by atoms with Gasteiger partial charge in [-0.25, -0.2) is 9.97 Å². The monoisotopic (exact) mass is 434 g/mol. The molecule has 1 amide bonds. The Hall–Kier alpha value is -1.75. The third kappa shape index (κ3) is 5.03. The fourth-order valence-corrected chi connectivity index (χ4v) is 3.85. The lowest BCUT2D eigenvalue weighted by atomic mass is 9.81. The van der Waals surface area contributed by atoms with Crippen molar-refractivity contribution in [2.75, 3.05) is 31.1 Å². The average molecular weight is 434 g/mol. The van der Waals surface area contributed by atoms with Gasteiger partial charge in [-0.05, 0) is 53.9 Å². The number of hydrogen-bond donors (Lipinski definition) is 2. The zero-order valence-electron chi connectivity index (χ0n) is 19.4. The summed E-state index contributed by atoms with van der Waals surface area (Å²) in [6.45, 7) is 13.5. The Kier molecular flexibility index (Phi) is 6.95. The molecule has 2 fully saturated rings. The normalized spacial score (nSPS) is 23.5. The predicted molar refractivity (Wildman–Crippen MR) is 118 cm³/mol. The molecule has 1 aromatic rings. The second kappa shape index (κ2) is 9.01. The van der Waals surface area contributed by atoms with Gasteiger partial charge in [-0.3, -0.25) is 4.79 Å². The highest BCUT2D eigenvalue weighted by Crippen LogP contribution is 2.36. The van der Waals surface area contributed by atoms with E-state index in [0.717, 1.165) is 11.9 Å². The van der Waals surface area contributed by atoms with Gasteiger partial charge in [0.2, 0.25) is 5.95 Å². The third-order valence-corrected chi connectivity index (χ3v) is 6.57.